The van der Waals surface area contributed by atoms with Crippen LogP contribution in [0.15, 0.2) is 78.9 Å². The Hall–Kier alpha value is -4.86. The Morgan fingerprint density at radius 1 is 0.925 bits per heavy atom. The molecular formula is C30H32N4O6. The fraction of sp³-hybridized carbons (Fsp3) is 0.267. The molecule has 10 heteroatoms. The SMILES string of the molecule is CN(C(=O)COc1ccccc1N(CC1CC1)C(=O)CNC(=O)Nc1cccc(CC(=O)O)c1)c1ccccc1. The molecule has 0 aromatic heterocycles. The predicted molar refractivity (Wildman–Crippen MR) is 152 cm³/mol. The number of aliphatic carboxylic acids is 1. The maximum atomic E-state index is 13.3. The number of rotatable bonds is 12. The van der Waals surface area contributed by atoms with E-state index in [2.05, 4.69) is 10.6 Å². The summed E-state index contributed by atoms with van der Waals surface area (Å²) in [6.07, 6.45) is 1.85. The van der Waals surface area contributed by atoms with Crippen molar-refractivity contribution in [1.82, 2.24) is 5.32 Å². The second kappa shape index (κ2) is 13.3. The van der Waals surface area contributed by atoms with E-state index in [1.54, 1.807) is 60.5 Å². The number of ether oxygens (including phenoxy) is 1. The average molecular weight is 545 g/mol. The Kier molecular flexibility index (Phi) is 9.35. The van der Waals surface area contributed by atoms with Crippen LogP contribution in [-0.2, 0) is 20.8 Å². The molecule has 0 unspecified atom stereocenters. The molecule has 3 aromatic rings. The molecule has 0 bridgehead atoms. The average Bonchev–Trinajstić information content (AvgIpc) is 3.78. The van der Waals surface area contributed by atoms with Crippen molar-refractivity contribution in [1.29, 1.82) is 0 Å². The van der Waals surface area contributed by atoms with Gasteiger partial charge >= 0.3 is 12.0 Å². The van der Waals surface area contributed by atoms with E-state index in [4.69, 9.17) is 9.84 Å². The van der Waals surface area contributed by atoms with Crippen molar-refractivity contribution in [2.24, 2.45) is 5.92 Å². The minimum absolute atomic E-state index is 0.165. The molecule has 1 aliphatic carbocycles. The first-order valence-corrected chi connectivity index (χ1v) is 13.0. The monoisotopic (exact) mass is 544 g/mol. The number of para-hydroxylation sites is 3. The number of benzene rings is 3. The normalized spacial score (nSPS) is 12.2. The third kappa shape index (κ3) is 8.07. The Balaban J connectivity index is 1.39. The number of carbonyl (C=O) groups is 4. The molecule has 3 aromatic carbocycles. The molecule has 208 valence electrons. The molecule has 0 aliphatic heterocycles. The van der Waals surface area contributed by atoms with Crippen LogP contribution in [0.25, 0.3) is 0 Å². The second-order valence-electron chi connectivity index (χ2n) is 9.57. The fourth-order valence-electron chi connectivity index (χ4n) is 4.09. The molecule has 1 fully saturated rings. The minimum atomic E-state index is -0.972. The van der Waals surface area contributed by atoms with Crippen LogP contribution >= 0.6 is 0 Å². The van der Waals surface area contributed by atoms with E-state index in [1.165, 1.54) is 4.90 Å². The van der Waals surface area contributed by atoms with E-state index in [1.807, 2.05) is 30.3 Å². The van der Waals surface area contributed by atoms with Crippen LogP contribution in [0.1, 0.15) is 18.4 Å². The summed E-state index contributed by atoms with van der Waals surface area (Å²) < 4.78 is 5.89. The summed E-state index contributed by atoms with van der Waals surface area (Å²) in [5, 5.41) is 14.2. The summed E-state index contributed by atoms with van der Waals surface area (Å²) in [7, 11) is 1.68. The zero-order chi connectivity index (χ0) is 28.5. The number of amides is 4. The molecule has 0 atom stereocenters. The first kappa shape index (κ1) is 28.2. The number of carboxylic acids is 1. The summed E-state index contributed by atoms with van der Waals surface area (Å²) in [5.41, 5.74) is 2.23. The van der Waals surface area contributed by atoms with Gasteiger partial charge in [-0.3, -0.25) is 14.4 Å². The molecule has 40 heavy (non-hydrogen) atoms. The summed E-state index contributed by atoms with van der Waals surface area (Å²) in [6.45, 7) is -0.00948. The quantitative estimate of drug-likeness (QED) is 0.317. The number of nitrogens with one attached hydrogen (secondary N) is 2. The van der Waals surface area contributed by atoms with Crippen LogP contribution < -0.4 is 25.2 Å². The number of anilines is 3. The molecule has 3 N–H and O–H groups in total. The summed E-state index contributed by atoms with van der Waals surface area (Å²) in [5.74, 6) is -0.795. The molecule has 1 aliphatic rings. The lowest BCUT2D eigenvalue weighted by molar-refractivity contribution is -0.136. The summed E-state index contributed by atoms with van der Waals surface area (Å²) >= 11 is 0. The number of likely N-dealkylation sites (N-methyl/N-ethyl adjacent to an activating group) is 1. The highest BCUT2D eigenvalue weighted by Crippen LogP contribution is 2.35. The van der Waals surface area contributed by atoms with Gasteiger partial charge in [0.25, 0.3) is 5.91 Å². The van der Waals surface area contributed by atoms with Gasteiger partial charge < -0.3 is 30.3 Å². The van der Waals surface area contributed by atoms with E-state index >= 15 is 0 Å². The van der Waals surface area contributed by atoms with E-state index < -0.39 is 12.0 Å². The fourth-order valence-corrected chi connectivity index (χ4v) is 4.09. The van der Waals surface area contributed by atoms with Crippen LogP contribution in [-0.4, -0.2) is 55.7 Å². The van der Waals surface area contributed by atoms with Gasteiger partial charge in [-0.25, -0.2) is 4.79 Å². The highest BCUT2D eigenvalue weighted by Gasteiger charge is 2.29. The van der Waals surface area contributed by atoms with Gasteiger partial charge in [0.15, 0.2) is 6.61 Å². The van der Waals surface area contributed by atoms with Crippen molar-refractivity contribution in [2.75, 3.05) is 41.9 Å². The van der Waals surface area contributed by atoms with Crippen molar-refractivity contribution in [3.8, 4) is 5.75 Å². The lowest BCUT2D eigenvalue weighted by Gasteiger charge is -2.26. The number of hydrogen-bond acceptors (Lipinski definition) is 5. The topological polar surface area (TPSA) is 128 Å². The van der Waals surface area contributed by atoms with Gasteiger partial charge in [0.1, 0.15) is 5.75 Å². The van der Waals surface area contributed by atoms with E-state index in [0.29, 0.717) is 35.2 Å². The zero-order valence-electron chi connectivity index (χ0n) is 22.2. The Morgan fingerprint density at radius 2 is 1.65 bits per heavy atom. The summed E-state index contributed by atoms with van der Waals surface area (Å²) in [4.78, 5) is 52.6. The van der Waals surface area contributed by atoms with Crippen LogP contribution in [0.4, 0.5) is 21.9 Å². The molecule has 0 spiro atoms. The Labute approximate surface area is 232 Å². The molecule has 0 saturated heterocycles. The number of urea groups is 1. The smallest absolute Gasteiger partial charge is 0.319 e. The lowest BCUT2D eigenvalue weighted by Crippen LogP contribution is -2.42. The van der Waals surface area contributed by atoms with Crippen molar-refractivity contribution in [2.45, 2.75) is 19.3 Å². The molecule has 0 heterocycles. The van der Waals surface area contributed by atoms with Crippen LogP contribution in [0.5, 0.6) is 5.75 Å². The first-order valence-electron chi connectivity index (χ1n) is 13.0. The maximum Gasteiger partial charge on any atom is 0.319 e. The molecule has 4 amide bonds. The molecule has 1 saturated carbocycles. The number of carboxylic acid groups (broad SMARTS) is 1. The van der Waals surface area contributed by atoms with E-state index in [0.717, 1.165) is 18.5 Å². The van der Waals surface area contributed by atoms with Gasteiger partial charge in [0, 0.05) is 25.0 Å². The van der Waals surface area contributed by atoms with Crippen molar-refractivity contribution >= 4 is 40.9 Å². The lowest BCUT2D eigenvalue weighted by atomic mass is 10.1. The maximum absolute atomic E-state index is 13.3. The predicted octanol–water partition coefficient (Wildman–Crippen LogP) is 3.92. The van der Waals surface area contributed by atoms with Crippen molar-refractivity contribution in [3.63, 3.8) is 0 Å². The second-order valence-corrected chi connectivity index (χ2v) is 9.57. The molecule has 4 rings (SSSR count). The molecule has 10 nitrogen and oxygen atoms in total. The van der Waals surface area contributed by atoms with Crippen LogP contribution in [0, 0.1) is 5.92 Å². The van der Waals surface area contributed by atoms with Gasteiger partial charge in [-0.05, 0) is 60.7 Å². The highest BCUT2D eigenvalue weighted by atomic mass is 16.5. The van der Waals surface area contributed by atoms with Crippen LogP contribution in [0.2, 0.25) is 0 Å². The van der Waals surface area contributed by atoms with Gasteiger partial charge in [-0.15, -0.1) is 0 Å². The summed E-state index contributed by atoms with van der Waals surface area (Å²) in [6, 6.07) is 22.2. The largest absolute Gasteiger partial charge is 0.482 e. The number of nitrogens with zero attached hydrogens (tertiary/aromatic N) is 2. The van der Waals surface area contributed by atoms with Crippen molar-refractivity contribution in [3.05, 3.63) is 84.4 Å². The third-order valence-electron chi connectivity index (χ3n) is 6.40. The molecular weight excluding hydrogens is 512 g/mol. The van der Waals surface area contributed by atoms with Gasteiger partial charge in [-0.1, -0.05) is 42.5 Å². The van der Waals surface area contributed by atoms with Gasteiger partial charge in [0.05, 0.1) is 18.7 Å². The van der Waals surface area contributed by atoms with Gasteiger partial charge in [-0.2, -0.15) is 0 Å². The van der Waals surface area contributed by atoms with E-state index in [9.17, 15) is 19.2 Å². The van der Waals surface area contributed by atoms with Crippen molar-refractivity contribution < 1.29 is 29.0 Å². The Morgan fingerprint density at radius 3 is 2.38 bits per heavy atom. The first-order chi connectivity index (χ1) is 19.3. The number of hydrogen-bond donors (Lipinski definition) is 3. The molecule has 0 radical (unpaired) electrons. The van der Waals surface area contributed by atoms with Gasteiger partial charge in [0.2, 0.25) is 5.91 Å². The Bertz CT molecular complexity index is 1360. The third-order valence-corrected chi connectivity index (χ3v) is 6.40. The number of carbonyl (C=O) groups excluding carboxylic acids is 3. The van der Waals surface area contributed by atoms with Crippen LogP contribution in [0.3, 0.4) is 0 Å². The highest BCUT2D eigenvalue weighted by molar-refractivity contribution is 6.00. The standard InChI is InChI=1S/C30H32N4O6/c1-33(24-10-3-2-4-11-24)28(36)20-40-26-13-6-5-12-25(26)34(19-21-14-15-21)27(35)18-31-30(39)32-23-9-7-8-22(16-23)17-29(37)38/h2-13,16,21H,14-15,17-20H2,1H3,(H,37,38)(H2,31,32,39). The zero-order valence-corrected chi connectivity index (χ0v) is 22.2. The van der Waals surface area contributed by atoms with E-state index in [-0.39, 0.29) is 31.4 Å². The minimum Gasteiger partial charge on any atom is -0.482 e.